The Morgan fingerprint density at radius 3 is 2.48 bits per heavy atom. The van der Waals surface area contributed by atoms with Crippen LogP contribution in [-0.4, -0.2) is 14.8 Å². The largest absolute Gasteiger partial charge is 0.416 e. The molecule has 0 saturated heterocycles. The van der Waals surface area contributed by atoms with Crippen molar-refractivity contribution in [3.8, 4) is 11.4 Å². The molecule has 1 aromatic heterocycles. The number of nitrogens with two attached hydrogens (primary N) is 1. The van der Waals surface area contributed by atoms with Gasteiger partial charge in [-0.25, -0.2) is 0 Å². The van der Waals surface area contributed by atoms with Crippen molar-refractivity contribution >= 4 is 0 Å². The number of aromatic nitrogens is 3. The van der Waals surface area contributed by atoms with E-state index in [1.165, 1.54) is 12.1 Å². The normalized spacial score (nSPS) is 22.1. The van der Waals surface area contributed by atoms with E-state index in [9.17, 15) is 13.2 Å². The summed E-state index contributed by atoms with van der Waals surface area (Å²) in [4.78, 5) is 0. The van der Waals surface area contributed by atoms with Crippen LogP contribution in [0.15, 0.2) is 24.3 Å². The van der Waals surface area contributed by atoms with Crippen LogP contribution in [0.2, 0.25) is 0 Å². The Kier molecular flexibility index (Phi) is 3.24. The second-order valence-electron chi connectivity index (χ2n) is 5.51. The standard InChI is InChI=1S/C14H15F3N4/c1-8-6-11(18)13-20-19-12(21(13)7-8)9-2-4-10(5-3-9)14(15,16)17/h2-5,8,11H,6-7,18H2,1H3. The predicted molar refractivity (Wildman–Crippen MR) is 71.2 cm³/mol. The molecule has 0 aliphatic carbocycles. The molecule has 3 rings (SSSR count). The monoisotopic (exact) mass is 296 g/mol. The molecule has 21 heavy (non-hydrogen) atoms. The number of halogens is 3. The lowest BCUT2D eigenvalue weighted by Crippen LogP contribution is -2.27. The van der Waals surface area contributed by atoms with E-state index in [4.69, 9.17) is 5.73 Å². The van der Waals surface area contributed by atoms with E-state index in [0.29, 0.717) is 23.1 Å². The predicted octanol–water partition coefficient (Wildman–Crippen LogP) is 3.00. The summed E-state index contributed by atoms with van der Waals surface area (Å²) in [5.41, 5.74) is 5.98. The Balaban J connectivity index is 1.99. The van der Waals surface area contributed by atoms with Gasteiger partial charge in [-0.1, -0.05) is 19.1 Å². The highest BCUT2D eigenvalue weighted by molar-refractivity contribution is 5.56. The van der Waals surface area contributed by atoms with Crippen molar-refractivity contribution in [1.29, 1.82) is 0 Å². The average Bonchev–Trinajstić information content (AvgIpc) is 2.82. The third-order valence-corrected chi connectivity index (χ3v) is 3.73. The van der Waals surface area contributed by atoms with Crippen molar-refractivity contribution in [3.05, 3.63) is 35.7 Å². The van der Waals surface area contributed by atoms with Crippen LogP contribution in [0.5, 0.6) is 0 Å². The maximum Gasteiger partial charge on any atom is 0.416 e. The molecule has 0 bridgehead atoms. The minimum Gasteiger partial charge on any atom is -0.321 e. The minimum atomic E-state index is -4.33. The summed E-state index contributed by atoms with van der Waals surface area (Å²) in [6.07, 6.45) is -3.50. The number of rotatable bonds is 1. The van der Waals surface area contributed by atoms with E-state index in [1.807, 2.05) is 4.57 Å². The van der Waals surface area contributed by atoms with Gasteiger partial charge in [0.2, 0.25) is 0 Å². The molecule has 0 radical (unpaired) electrons. The summed E-state index contributed by atoms with van der Waals surface area (Å²) >= 11 is 0. The van der Waals surface area contributed by atoms with E-state index in [-0.39, 0.29) is 6.04 Å². The van der Waals surface area contributed by atoms with E-state index >= 15 is 0 Å². The first-order valence-electron chi connectivity index (χ1n) is 6.72. The molecule has 0 spiro atoms. The molecule has 112 valence electrons. The molecule has 2 aromatic rings. The molecule has 0 fully saturated rings. The molecule has 7 heteroatoms. The van der Waals surface area contributed by atoms with Crippen molar-refractivity contribution in [1.82, 2.24) is 14.8 Å². The number of nitrogens with zero attached hydrogens (tertiary/aromatic N) is 3. The molecular formula is C14H15F3N4. The Bertz CT molecular complexity index is 645. The Morgan fingerprint density at radius 1 is 1.19 bits per heavy atom. The fourth-order valence-electron chi connectivity index (χ4n) is 2.72. The highest BCUT2D eigenvalue weighted by Crippen LogP contribution is 2.33. The van der Waals surface area contributed by atoms with Crippen molar-refractivity contribution in [2.75, 3.05) is 0 Å². The summed E-state index contributed by atoms with van der Waals surface area (Å²) < 4.78 is 39.7. The van der Waals surface area contributed by atoms with Crippen LogP contribution in [0.4, 0.5) is 13.2 Å². The fourth-order valence-corrected chi connectivity index (χ4v) is 2.72. The van der Waals surface area contributed by atoms with Crippen LogP contribution in [0.25, 0.3) is 11.4 Å². The molecule has 2 unspecified atom stereocenters. The summed E-state index contributed by atoms with van der Waals surface area (Å²) in [5.74, 6) is 1.65. The van der Waals surface area contributed by atoms with Gasteiger partial charge in [0.25, 0.3) is 0 Å². The van der Waals surface area contributed by atoms with Gasteiger partial charge in [-0.15, -0.1) is 10.2 Å². The summed E-state index contributed by atoms with van der Waals surface area (Å²) in [6.45, 7) is 2.81. The van der Waals surface area contributed by atoms with E-state index < -0.39 is 11.7 Å². The number of hydrogen-bond acceptors (Lipinski definition) is 3. The Hall–Kier alpha value is -1.89. The molecule has 2 heterocycles. The van der Waals surface area contributed by atoms with E-state index in [0.717, 1.165) is 25.1 Å². The zero-order valence-corrected chi connectivity index (χ0v) is 11.4. The first-order valence-corrected chi connectivity index (χ1v) is 6.72. The molecule has 0 saturated carbocycles. The lowest BCUT2D eigenvalue weighted by molar-refractivity contribution is -0.137. The number of benzene rings is 1. The highest BCUT2D eigenvalue weighted by Gasteiger charge is 2.31. The van der Waals surface area contributed by atoms with E-state index in [1.54, 1.807) is 0 Å². The van der Waals surface area contributed by atoms with Crippen molar-refractivity contribution in [2.24, 2.45) is 11.7 Å². The van der Waals surface area contributed by atoms with Gasteiger partial charge in [-0.2, -0.15) is 13.2 Å². The maximum absolute atomic E-state index is 12.6. The topological polar surface area (TPSA) is 56.7 Å². The summed E-state index contributed by atoms with van der Waals surface area (Å²) in [5, 5.41) is 8.18. The quantitative estimate of drug-likeness (QED) is 0.880. The first-order chi connectivity index (χ1) is 9.86. The second-order valence-corrected chi connectivity index (χ2v) is 5.51. The van der Waals surface area contributed by atoms with Crippen LogP contribution in [0.3, 0.4) is 0 Å². The third-order valence-electron chi connectivity index (χ3n) is 3.73. The van der Waals surface area contributed by atoms with Gasteiger partial charge in [-0.3, -0.25) is 0 Å². The van der Waals surface area contributed by atoms with Gasteiger partial charge in [0.15, 0.2) is 5.82 Å². The highest BCUT2D eigenvalue weighted by atomic mass is 19.4. The van der Waals surface area contributed by atoms with Crippen LogP contribution in [0.1, 0.15) is 30.8 Å². The van der Waals surface area contributed by atoms with Crippen molar-refractivity contribution in [2.45, 2.75) is 32.1 Å². The average molecular weight is 296 g/mol. The lowest BCUT2D eigenvalue weighted by Gasteiger charge is -2.25. The zero-order chi connectivity index (χ0) is 15.2. The van der Waals surface area contributed by atoms with Gasteiger partial charge >= 0.3 is 6.18 Å². The fraction of sp³-hybridized carbons (Fsp3) is 0.429. The first kappa shape index (κ1) is 14.1. The van der Waals surface area contributed by atoms with Crippen molar-refractivity contribution in [3.63, 3.8) is 0 Å². The van der Waals surface area contributed by atoms with Gasteiger partial charge in [0, 0.05) is 12.1 Å². The van der Waals surface area contributed by atoms with Crippen LogP contribution < -0.4 is 5.73 Å². The van der Waals surface area contributed by atoms with Crippen LogP contribution >= 0.6 is 0 Å². The lowest BCUT2D eigenvalue weighted by atomic mass is 9.97. The summed E-state index contributed by atoms with van der Waals surface area (Å²) in [7, 11) is 0. The number of alkyl halides is 3. The molecular weight excluding hydrogens is 281 g/mol. The van der Waals surface area contributed by atoms with Gasteiger partial charge in [0.1, 0.15) is 5.82 Å². The Morgan fingerprint density at radius 2 is 1.86 bits per heavy atom. The molecule has 1 aromatic carbocycles. The van der Waals surface area contributed by atoms with E-state index in [2.05, 4.69) is 17.1 Å². The van der Waals surface area contributed by atoms with Crippen LogP contribution in [-0.2, 0) is 12.7 Å². The smallest absolute Gasteiger partial charge is 0.321 e. The zero-order valence-electron chi connectivity index (χ0n) is 11.4. The van der Waals surface area contributed by atoms with Crippen molar-refractivity contribution < 1.29 is 13.2 Å². The molecule has 2 N–H and O–H groups in total. The second kappa shape index (κ2) is 4.84. The molecule has 1 aliphatic rings. The third kappa shape index (κ3) is 2.53. The number of fused-ring (bicyclic) bond motifs is 1. The molecule has 1 aliphatic heterocycles. The van der Waals surface area contributed by atoms with Gasteiger partial charge in [0.05, 0.1) is 11.6 Å². The molecule has 2 atom stereocenters. The maximum atomic E-state index is 12.6. The SMILES string of the molecule is CC1CC(N)c2nnc(-c3ccc(C(F)(F)F)cc3)n2C1. The minimum absolute atomic E-state index is 0.176. The Labute approximate surface area is 119 Å². The van der Waals surface area contributed by atoms with Gasteiger partial charge in [-0.05, 0) is 24.5 Å². The van der Waals surface area contributed by atoms with Gasteiger partial charge < -0.3 is 10.3 Å². The molecule has 0 amide bonds. The number of hydrogen-bond donors (Lipinski definition) is 1. The molecule has 4 nitrogen and oxygen atoms in total. The summed E-state index contributed by atoms with van der Waals surface area (Å²) in [6, 6.07) is 4.78. The van der Waals surface area contributed by atoms with Crippen LogP contribution in [0, 0.1) is 5.92 Å².